The average Bonchev–Trinajstić information content (AvgIpc) is 2.77. The van der Waals surface area contributed by atoms with Crippen molar-refractivity contribution in [3.05, 3.63) is 24.2 Å². The van der Waals surface area contributed by atoms with Crippen molar-refractivity contribution in [2.75, 3.05) is 0 Å². The Labute approximate surface area is 81.1 Å². The first kappa shape index (κ1) is 7.79. The molecule has 0 bridgehead atoms. The van der Waals surface area contributed by atoms with Gasteiger partial charge >= 0.3 is 0 Å². The monoisotopic (exact) mass is 189 g/mol. The molecule has 1 fully saturated rings. The highest BCUT2D eigenvalue weighted by atomic mass is 16.1. The second-order valence-corrected chi connectivity index (χ2v) is 3.88. The van der Waals surface area contributed by atoms with Crippen LogP contribution in [-0.4, -0.2) is 20.5 Å². The van der Waals surface area contributed by atoms with E-state index in [1.165, 1.54) is 12.8 Å². The number of aromatic nitrogens is 3. The minimum atomic E-state index is 0.505. The molecule has 0 aromatic carbocycles. The lowest BCUT2D eigenvalue weighted by Crippen LogP contribution is -1.97. The van der Waals surface area contributed by atoms with Gasteiger partial charge in [-0.3, -0.25) is 4.79 Å². The van der Waals surface area contributed by atoms with Crippen LogP contribution in [0.2, 0.25) is 0 Å². The van der Waals surface area contributed by atoms with E-state index in [1.54, 1.807) is 4.52 Å². The summed E-state index contributed by atoms with van der Waals surface area (Å²) in [6.07, 6.45) is 7.37. The summed E-state index contributed by atoms with van der Waals surface area (Å²) in [5.74, 6) is 0.834. The van der Waals surface area contributed by atoms with Crippen molar-refractivity contribution >= 4 is 11.9 Å². The predicted molar refractivity (Wildman–Crippen MR) is 51.3 cm³/mol. The number of aldehydes is 1. The molecule has 2 aromatic rings. The van der Waals surface area contributed by atoms with Crippen molar-refractivity contribution in [1.29, 1.82) is 0 Å². The maximum Gasteiger partial charge on any atom is 0.170 e. The van der Waals surface area contributed by atoms with E-state index in [1.807, 2.05) is 18.5 Å². The molecule has 1 saturated carbocycles. The van der Waals surface area contributed by atoms with E-state index in [2.05, 4.69) is 9.67 Å². The Bertz CT molecular complexity index is 478. The number of carbonyl (C=O) groups is 1. The van der Waals surface area contributed by atoms with Gasteiger partial charge in [0.05, 0.1) is 0 Å². The Morgan fingerprint density at radius 3 is 3.07 bits per heavy atom. The van der Waals surface area contributed by atoms with Crippen LogP contribution in [0.4, 0.5) is 0 Å². The third-order valence-corrected chi connectivity index (χ3v) is 2.69. The predicted octanol–water partition coefficient (Wildman–Crippen LogP) is 1.36. The van der Waals surface area contributed by atoms with Crippen molar-refractivity contribution in [2.24, 2.45) is 5.92 Å². The van der Waals surface area contributed by atoms with E-state index in [-0.39, 0.29) is 0 Å². The fourth-order valence-corrected chi connectivity index (χ4v) is 1.74. The third kappa shape index (κ3) is 1.14. The summed E-state index contributed by atoms with van der Waals surface area (Å²) < 4.78 is 3.92. The van der Waals surface area contributed by atoms with E-state index in [4.69, 9.17) is 0 Å². The maximum absolute atomic E-state index is 10.5. The zero-order valence-electron chi connectivity index (χ0n) is 7.76. The van der Waals surface area contributed by atoms with Gasteiger partial charge in [-0.15, -0.1) is 0 Å². The number of hydrogen-bond acceptors (Lipinski definition) is 2. The van der Waals surface area contributed by atoms with Gasteiger partial charge in [-0.05, 0) is 18.8 Å². The zero-order valence-corrected chi connectivity index (χ0v) is 7.76. The average molecular weight is 189 g/mol. The second-order valence-electron chi connectivity index (χ2n) is 3.88. The Morgan fingerprint density at radius 2 is 2.36 bits per heavy atom. The van der Waals surface area contributed by atoms with E-state index >= 15 is 0 Å². The number of imidazole rings is 1. The minimum absolute atomic E-state index is 0.505. The van der Waals surface area contributed by atoms with E-state index in [0.717, 1.165) is 24.4 Å². The number of fused-ring (bicyclic) bond motifs is 1. The molecule has 0 spiro atoms. The summed E-state index contributed by atoms with van der Waals surface area (Å²) in [4.78, 5) is 10.5. The summed E-state index contributed by atoms with van der Waals surface area (Å²) in [6, 6.07) is 1.83. The smallest absolute Gasteiger partial charge is 0.170 e. The van der Waals surface area contributed by atoms with Gasteiger partial charge < -0.3 is 4.57 Å². The first-order valence-electron chi connectivity index (χ1n) is 4.86. The maximum atomic E-state index is 10.5. The molecular formula is C10H11N3O. The number of carbonyl (C=O) groups excluding carboxylic acids is 1. The molecule has 2 heterocycles. The lowest BCUT2D eigenvalue weighted by molar-refractivity contribution is 0.111. The van der Waals surface area contributed by atoms with Gasteiger partial charge in [0.25, 0.3) is 0 Å². The number of rotatable bonds is 3. The van der Waals surface area contributed by atoms with Gasteiger partial charge in [0.1, 0.15) is 11.3 Å². The van der Waals surface area contributed by atoms with Crippen molar-refractivity contribution in [3.8, 4) is 0 Å². The van der Waals surface area contributed by atoms with Crippen molar-refractivity contribution in [2.45, 2.75) is 19.4 Å². The number of hydrogen-bond donors (Lipinski definition) is 0. The molecule has 72 valence electrons. The van der Waals surface area contributed by atoms with Crippen LogP contribution in [0.5, 0.6) is 0 Å². The van der Waals surface area contributed by atoms with Crippen LogP contribution in [0.1, 0.15) is 23.3 Å². The summed E-state index contributed by atoms with van der Waals surface area (Å²) in [5.41, 5.74) is 1.52. The molecule has 0 N–H and O–H groups in total. The molecule has 3 rings (SSSR count). The Balaban J connectivity index is 2.04. The fraction of sp³-hybridized carbons (Fsp3) is 0.400. The van der Waals surface area contributed by atoms with Crippen LogP contribution >= 0.6 is 0 Å². The largest absolute Gasteiger partial charge is 0.331 e. The molecular weight excluding hydrogens is 178 g/mol. The van der Waals surface area contributed by atoms with Gasteiger partial charge in [-0.2, -0.15) is 5.10 Å². The van der Waals surface area contributed by atoms with E-state index < -0.39 is 0 Å². The van der Waals surface area contributed by atoms with E-state index in [9.17, 15) is 4.79 Å². The molecule has 0 atom stereocenters. The van der Waals surface area contributed by atoms with Crippen LogP contribution in [0.3, 0.4) is 0 Å². The zero-order chi connectivity index (χ0) is 9.54. The first-order chi connectivity index (χ1) is 6.86. The van der Waals surface area contributed by atoms with Crippen LogP contribution < -0.4 is 0 Å². The molecule has 1 aliphatic rings. The molecule has 14 heavy (non-hydrogen) atoms. The summed E-state index contributed by atoms with van der Waals surface area (Å²) >= 11 is 0. The molecule has 1 aliphatic carbocycles. The van der Waals surface area contributed by atoms with Crippen LogP contribution in [0.25, 0.3) is 5.65 Å². The molecule has 4 heteroatoms. The van der Waals surface area contributed by atoms with Crippen LogP contribution in [0, 0.1) is 5.92 Å². The standard InChI is InChI=1S/C10H11N3O/c14-7-9-5-10-12(6-8-1-2-8)3-4-13(10)11-9/h3-5,7-8H,1-2,6H2. The van der Waals surface area contributed by atoms with Crippen molar-refractivity contribution < 1.29 is 4.79 Å². The second kappa shape index (κ2) is 2.70. The molecule has 0 aliphatic heterocycles. The topological polar surface area (TPSA) is 39.3 Å². The van der Waals surface area contributed by atoms with Crippen LogP contribution in [-0.2, 0) is 6.54 Å². The highest BCUT2D eigenvalue weighted by Gasteiger charge is 2.22. The Kier molecular flexibility index (Phi) is 1.50. The molecule has 4 nitrogen and oxygen atoms in total. The normalized spacial score (nSPS) is 16.3. The fourth-order valence-electron chi connectivity index (χ4n) is 1.74. The summed E-state index contributed by atoms with van der Waals surface area (Å²) in [5, 5.41) is 4.11. The van der Waals surface area contributed by atoms with E-state index in [0.29, 0.717) is 5.69 Å². The Morgan fingerprint density at radius 1 is 1.50 bits per heavy atom. The van der Waals surface area contributed by atoms with Gasteiger partial charge in [-0.25, -0.2) is 4.52 Å². The molecule has 0 amide bonds. The molecule has 2 aromatic heterocycles. The highest BCUT2D eigenvalue weighted by Crippen LogP contribution is 2.31. The minimum Gasteiger partial charge on any atom is -0.331 e. The third-order valence-electron chi connectivity index (χ3n) is 2.69. The van der Waals surface area contributed by atoms with Crippen molar-refractivity contribution in [1.82, 2.24) is 14.2 Å². The summed E-state index contributed by atoms with van der Waals surface area (Å²) in [6.45, 7) is 1.06. The SMILES string of the molecule is O=Cc1cc2n(CC3CC3)ccn2n1. The van der Waals surface area contributed by atoms with Crippen molar-refractivity contribution in [3.63, 3.8) is 0 Å². The first-order valence-corrected chi connectivity index (χ1v) is 4.86. The molecule has 0 radical (unpaired) electrons. The van der Waals surface area contributed by atoms with Crippen LogP contribution in [0.15, 0.2) is 18.5 Å². The Hall–Kier alpha value is -1.58. The van der Waals surface area contributed by atoms with Gasteiger partial charge in [0.2, 0.25) is 0 Å². The quantitative estimate of drug-likeness (QED) is 0.684. The molecule has 0 saturated heterocycles. The van der Waals surface area contributed by atoms with Gasteiger partial charge in [0.15, 0.2) is 6.29 Å². The summed E-state index contributed by atoms with van der Waals surface area (Å²) in [7, 11) is 0. The molecule has 0 unspecified atom stereocenters. The highest BCUT2D eigenvalue weighted by molar-refractivity contribution is 5.74. The number of nitrogens with zero attached hydrogens (tertiary/aromatic N) is 3. The van der Waals surface area contributed by atoms with Gasteiger partial charge in [-0.1, -0.05) is 0 Å². The van der Waals surface area contributed by atoms with Gasteiger partial charge in [0, 0.05) is 25.0 Å². The lowest BCUT2D eigenvalue weighted by atomic mass is 10.4. The lowest BCUT2D eigenvalue weighted by Gasteiger charge is -1.99.